The molecule has 1 aliphatic rings. The Morgan fingerprint density at radius 2 is 1.44 bits per heavy atom. The molecule has 39 heavy (non-hydrogen) atoms. The smallest absolute Gasteiger partial charge is 0.338 e. The largest absolute Gasteiger partial charge is 0.462 e. The summed E-state index contributed by atoms with van der Waals surface area (Å²) in [4.78, 5) is 51.0. The summed E-state index contributed by atoms with van der Waals surface area (Å²) in [5.41, 5.74) is 2.90. The van der Waals surface area contributed by atoms with Crippen LogP contribution in [0.25, 0.3) is 0 Å². The fourth-order valence-electron chi connectivity index (χ4n) is 3.75. The minimum Gasteiger partial charge on any atom is -0.462 e. The Hall–Kier alpha value is -4.14. The third-order valence-corrected chi connectivity index (χ3v) is 6.47. The Kier molecular flexibility index (Phi) is 9.01. The standard InChI is InChI=1S/C29H25Cl2N3O5/c1-2-15-39-29(38)21-9-13-23(14-10-21)33-26(35)20-7-3-18(4-8-20)16-32-25-24(31)27(36)34(28(25)37)17-19-5-11-22(30)12-6-19/h3-14,32H,2,15-17H2,1H3,(H,33,35). The Bertz CT molecular complexity index is 1420. The van der Waals surface area contributed by atoms with Crippen molar-refractivity contribution in [3.05, 3.63) is 111 Å². The third-order valence-electron chi connectivity index (χ3n) is 5.87. The zero-order valence-electron chi connectivity index (χ0n) is 21.0. The molecule has 0 radical (unpaired) electrons. The van der Waals surface area contributed by atoms with Crippen LogP contribution in [0, 0.1) is 0 Å². The van der Waals surface area contributed by atoms with E-state index in [0.29, 0.717) is 28.4 Å². The molecule has 0 saturated carbocycles. The topological polar surface area (TPSA) is 105 Å². The Morgan fingerprint density at radius 1 is 0.821 bits per heavy atom. The van der Waals surface area contributed by atoms with E-state index < -0.39 is 17.8 Å². The van der Waals surface area contributed by atoms with E-state index >= 15 is 0 Å². The van der Waals surface area contributed by atoms with Crippen LogP contribution >= 0.6 is 23.2 Å². The van der Waals surface area contributed by atoms with Gasteiger partial charge in [0, 0.05) is 22.8 Å². The molecule has 1 aliphatic heterocycles. The molecule has 0 aliphatic carbocycles. The average Bonchev–Trinajstić information content (AvgIpc) is 3.14. The summed E-state index contributed by atoms with van der Waals surface area (Å²) in [6.45, 7) is 2.56. The number of nitrogens with one attached hydrogen (secondary N) is 2. The highest BCUT2D eigenvalue weighted by Crippen LogP contribution is 2.25. The average molecular weight is 566 g/mol. The molecule has 8 nitrogen and oxygen atoms in total. The predicted octanol–water partition coefficient (Wildman–Crippen LogP) is 5.27. The number of amides is 3. The maximum Gasteiger partial charge on any atom is 0.338 e. The normalized spacial score (nSPS) is 13.1. The minimum absolute atomic E-state index is 0.0273. The lowest BCUT2D eigenvalue weighted by Gasteiger charge is -2.15. The number of carbonyl (C=O) groups is 4. The van der Waals surface area contributed by atoms with E-state index in [9.17, 15) is 19.2 Å². The van der Waals surface area contributed by atoms with Crippen LogP contribution in [0.2, 0.25) is 5.02 Å². The van der Waals surface area contributed by atoms with E-state index in [0.717, 1.165) is 22.4 Å². The van der Waals surface area contributed by atoms with Gasteiger partial charge in [0.05, 0.1) is 18.7 Å². The van der Waals surface area contributed by atoms with Crippen LogP contribution in [0.5, 0.6) is 0 Å². The van der Waals surface area contributed by atoms with Gasteiger partial charge in [-0.2, -0.15) is 0 Å². The molecular weight excluding hydrogens is 541 g/mol. The van der Waals surface area contributed by atoms with Crippen molar-refractivity contribution < 1.29 is 23.9 Å². The zero-order chi connectivity index (χ0) is 27.9. The van der Waals surface area contributed by atoms with Crippen molar-refractivity contribution in [3.8, 4) is 0 Å². The summed E-state index contributed by atoms with van der Waals surface area (Å²) in [6.07, 6.45) is 0.738. The van der Waals surface area contributed by atoms with Crippen LogP contribution in [0.3, 0.4) is 0 Å². The van der Waals surface area contributed by atoms with Crippen molar-refractivity contribution in [1.29, 1.82) is 0 Å². The molecule has 0 saturated heterocycles. The van der Waals surface area contributed by atoms with Crippen LogP contribution in [-0.2, 0) is 27.4 Å². The molecular formula is C29H25Cl2N3O5. The minimum atomic E-state index is -0.572. The number of anilines is 1. The van der Waals surface area contributed by atoms with Gasteiger partial charge < -0.3 is 15.4 Å². The molecule has 0 bridgehead atoms. The molecule has 0 spiro atoms. The van der Waals surface area contributed by atoms with E-state index in [1.165, 1.54) is 0 Å². The Morgan fingerprint density at radius 3 is 2.08 bits per heavy atom. The van der Waals surface area contributed by atoms with Gasteiger partial charge in [-0.25, -0.2) is 4.79 Å². The first-order valence-corrected chi connectivity index (χ1v) is 12.9. The fraction of sp³-hybridized carbons (Fsp3) is 0.172. The van der Waals surface area contributed by atoms with E-state index in [-0.39, 0.29) is 29.7 Å². The highest BCUT2D eigenvalue weighted by atomic mass is 35.5. The van der Waals surface area contributed by atoms with Gasteiger partial charge in [0.2, 0.25) is 0 Å². The summed E-state index contributed by atoms with van der Waals surface area (Å²) in [7, 11) is 0. The molecule has 3 aromatic carbocycles. The molecule has 3 aromatic rings. The lowest BCUT2D eigenvalue weighted by atomic mass is 10.1. The van der Waals surface area contributed by atoms with Gasteiger partial charge in [-0.3, -0.25) is 19.3 Å². The molecule has 2 N–H and O–H groups in total. The van der Waals surface area contributed by atoms with Crippen molar-refractivity contribution in [3.63, 3.8) is 0 Å². The van der Waals surface area contributed by atoms with Crippen molar-refractivity contribution in [1.82, 2.24) is 10.2 Å². The Balaban J connectivity index is 1.32. The van der Waals surface area contributed by atoms with Crippen LogP contribution in [0.15, 0.2) is 83.5 Å². The second kappa shape index (κ2) is 12.6. The fourth-order valence-corrected chi connectivity index (χ4v) is 4.13. The lowest BCUT2D eigenvalue weighted by Crippen LogP contribution is -2.33. The summed E-state index contributed by atoms with van der Waals surface area (Å²) >= 11 is 12.1. The van der Waals surface area contributed by atoms with E-state index in [1.807, 2.05) is 6.92 Å². The number of rotatable bonds is 10. The van der Waals surface area contributed by atoms with Crippen LogP contribution < -0.4 is 10.6 Å². The maximum absolute atomic E-state index is 12.8. The summed E-state index contributed by atoms with van der Waals surface area (Å²) in [5.74, 6) is -1.82. The number of benzene rings is 3. The molecule has 200 valence electrons. The van der Waals surface area contributed by atoms with Crippen LogP contribution in [-0.4, -0.2) is 35.2 Å². The monoisotopic (exact) mass is 565 g/mol. The number of hydrogen-bond donors (Lipinski definition) is 2. The predicted molar refractivity (Wildman–Crippen MR) is 148 cm³/mol. The maximum atomic E-state index is 12.8. The zero-order valence-corrected chi connectivity index (χ0v) is 22.5. The number of carbonyl (C=O) groups excluding carboxylic acids is 4. The molecule has 1 heterocycles. The first-order chi connectivity index (χ1) is 18.8. The summed E-state index contributed by atoms with van der Waals surface area (Å²) in [6, 6.07) is 20.0. The highest BCUT2D eigenvalue weighted by molar-refractivity contribution is 6.47. The number of halogens is 2. The molecule has 0 fully saturated rings. The second-order valence-electron chi connectivity index (χ2n) is 8.73. The lowest BCUT2D eigenvalue weighted by molar-refractivity contribution is -0.138. The molecule has 3 amide bonds. The number of esters is 1. The molecule has 10 heteroatoms. The van der Waals surface area contributed by atoms with Crippen molar-refractivity contribution in [2.24, 2.45) is 0 Å². The summed E-state index contributed by atoms with van der Waals surface area (Å²) in [5, 5.41) is 6.11. The molecule has 4 rings (SSSR count). The SMILES string of the molecule is CCCOC(=O)c1ccc(NC(=O)c2ccc(CNC3=C(Cl)C(=O)N(Cc4ccc(Cl)cc4)C3=O)cc2)cc1. The first-order valence-electron chi connectivity index (χ1n) is 12.2. The molecule has 0 unspecified atom stereocenters. The van der Waals surface area contributed by atoms with Gasteiger partial charge in [0.25, 0.3) is 17.7 Å². The first kappa shape index (κ1) is 27.9. The van der Waals surface area contributed by atoms with E-state index in [2.05, 4.69) is 10.6 Å². The van der Waals surface area contributed by atoms with E-state index in [1.54, 1.807) is 72.8 Å². The summed E-state index contributed by atoms with van der Waals surface area (Å²) < 4.78 is 5.10. The highest BCUT2D eigenvalue weighted by Gasteiger charge is 2.37. The quantitative estimate of drug-likeness (QED) is 0.256. The van der Waals surface area contributed by atoms with Gasteiger partial charge in [0.15, 0.2) is 0 Å². The van der Waals surface area contributed by atoms with Gasteiger partial charge >= 0.3 is 5.97 Å². The van der Waals surface area contributed by atoms with Crippen LogP contribution in [0.1, 0.15) is 45.2 Å². The second-order valence-corrected chi connectivity index (χ2v) is 9.54. The molecule has 0 aromatic heterocycles. The van der Waals surface area contributed by atoms with Crippen molar-refractivity contribution in [2.75, 3.05) is 11.9 Å². The van der Waals surface area contributed by atoms with E-state index in [4.69, 9.17) is 27.9 Å². The van der Waals surface area contributed by atoms with Crippen LogP contribution in [0.4, 0.5) is 5.69 Å². The number of nitrogens with zero attached hydrogens (tertiary/aromatic N) is 1. The Labute approximate surface area is 235 Å². The van der Waals surface area contributed by atoms with Crippen molar-refractivity contribution >= 4 is 52.6 Å². The van der Waals surface area contributed by atoms with Gasteiger partial charge in [-0.05, 0) is 66.1 Å². The molecule has 0 atom stereocenters. The third kappa shape index (κ3) is 6.85. The number of imide groups is 1. The van der Waals surface area contributed by atoms with Crippen molar-refractivity contribution in [2.45, 2.75) is 26.4 Å². The number of ether oxygens (including phenoxy) is 1. The van der Waals surface area contributed by atoms with Gasteiger partial charge in [0.1, 0.15) is 10.7 Å². The number of hydrogen-bond acceptors (Lipinski definition) is 6. The van der Waals surface area contributed by atoms with Gasteiger partial charge in [-0.1, -0.05) is 54.4 Å². The van der Waals surface area contributed by atoms with Gasteiger partial charge in [-0.15, -0.1) is 0 Å².